The summed E-state index contributed by atoms with van der Waals surface area (Å²) >= 11 is 6.06. The van der Waals surface area contributed by atoms with E-state index in [9.17, 15) is 18.0 Å². The van der Waals surface area contributed by atoms with E-state index in [1.54, 1.807) is 36.4 Å². The number of halogens is 1. The zero-order valence-electron chi connectivity index (χ0n) is 22.3. The van der Waals surface area contributed by atoms with Gasteiger partial charge in [-0.3, -0.25) is 13.9 Å². The Morgan fingerprint density at radius 3 is 2.15 bits per heavy atom. The fraction of sp³-hybridized carbons (Fsp3) is 0.310. The molecule has 3 aromatic carbocycles. The van der Waals surface area contributed by atoms with E-state index in [2.05, 4.69) is 5.32 Å². The molecule has 0 spiro atoms. The van der Waals surface area contributed by atoms with Crippen LogP contribution in [0.25, 0.3) is 0 Å². The van der Waals surface area contributed by atoms with Crippen molar-refractivity contribution in [2.75, 3.05) is 24.5 Å². The average molecular weight is 572 g/mol. The van der Waals surface area contributed by atoms with Gasteiger partial charge in [-0.2, -0.15) is 0 Å². The minimum absolute atomic E-state index is 0.00612. The number of amides is 2. The van der Waals surface area contributed by atoms with E-state index in [4.69, 9.17) is 16.3 Å². The number of nitrogens with one attached hydrogen (secondary N) is 1. The first-order valence-corrected chi connectivity index (χ1v) is 14.6. The summed E-state index contributed by atoms with van der Waals surface area (Å²) in [6, 6.07) is 20.7. The van der Waals surface area contributed by atoms with Gasteiger partial charge in [0.15, 0.2) is 0 Å². The second kappa shape index (κ2) is 14.0. The van der Waals surface area contributed by atoms with Crippen LogP contribution in [-0.4, -0.2) is 51.4 Å². The van der Waals surface area contributed by atoms with Crippen molar-refractivity contribution in [1.29, 1.82) is 0 Å². The molecule has 0 saturated carbocycles. The third-order valence-electron chi connectivity index (χ3n) is 6.17. The number of methoxy groups -OCH3 is 1. The summed E-state index contributed by atoms with van der Waals surface area (Å²) in [4.78, 5) is 28.5. The van der Waals surface area contributed by atoms with E-state index in [-0.39, 0.29) is 23.0 Å². The van der Waals surface area contributed by atoms with Crippen LogP contribution in [0.2, 0.25) is 5.02 Å². The molecular weight excluding hydrogens is 538 g/mol. The SMILES string of the molecule is CCCNC(=O)C(CC)N(Cc1ccccc1)C(=O)CN(c1ccc(Cl)cc1)S(=O)(=O)c1ccc(OC)cc1. The Bertz CT molecular complexity index is 1330. The Balaban J connectivity index is 2.03. The van der Waals surface area contributed by atoms with Gasteiger partial charge < -0.3 is 15.0 Å². The molecule has 208 valence electrons. The molecule has 0 aliphatic carbocycles. The number of carbonyl (C=O) groups excluding carboxylic acids is 2. The smallest absolute Gasteiger partial charge is 0.264 e. The summed E-state index contributed by atoms with van der Waals surface area (Å²) < 4.78 is 33.9. The van der Waals surface area contributed by atoms with Crippen LogP contribution in [0, 0.1) is 0 Å². The highest BCUT2D eigenvalue weighted by molar-refractivity contribution is 7.92. The van der Waals surface area contributed by atoms with Crippen LogP contribution in [0.4, 0.5) is 5.69 Å². The molecule has 0 bridgehead atoms. The summed E-state index contributed by atoms with van der Waals surface area (Å²) in [6.07, 6.45) is 1.11. The Morgan fingerprint density at radius 1 is 0.949 bits per heavy atom. The Kier molecular flexibility index (Phi) is 10.8. The van der Waals surface area contributed by atoms with Gasteiger partial charge in [0.2, 0.25) is 11.8 Å². The van der Waals surface area contributed by atoms with Gasteiger partial charge in [-0.25, -0.2) is 8.42 Å². The second-order valence-electron chi connectivity index (χ2n) is 8.89. The largest absolute Gasteiger partial charge is 0.497 e. The average Bonchev–Trinajstić information content (AvgIpc) is 2.95. The number of anilines is 1. The van der Waals surface area contributed by atoms with Crippen molar-refractivity contribution in [3.63, 3.8) is 0 Å². The molecule has 3 rings (SSSR count). The predicted molar refractivity (Wildman–Crippen MR) is 153 cm³/mol. The van der Waals surface area contributed by atoms with Gasteiger partial charge in [0.1, 0.15) is 18.3 Å². The highest BCUT2D eigenvalue weighted by Gasteiger charge is 2.33. The minimum atomic E-state index is -4.17. The lowest BCUT2D eigenvalue weighted by atomic mass is 10.1. The minimum Gasteiger partial charge on any atom is -0.497 e. The van der Waals surface area contributed by atoms with Crippen LogP contribution in [0.5, 0.6) is 5.75 Å². The number of hydrogen-bond donors (Lipinski definition) is 1. The number of carbonyl (C=O) groups is 2. The van der Waals surface area contributed by atoms with Crippen molar-refractivity contribution >= 4 is 39.1 Å². The molecule has 2 amide bonds. The molecule has 0 saturated heterocycles. The Morgan fingerprint density at radius 2 is 1.59 bits per heavy atom. The van der Waals surface area contributed by atoms with E-state index in [1.165, 1.54) is 24.1 Å². The number of hydrogen-bond acceptors (Lipinski definition) is 5. The van der Waals surface area contributed by atoms with Crippen LogP contribution < -0.4 is 14.4 Å². The molecule has 1 atom stereocenters. The summed E-state index contributed by atoms with van der Waals surface area (Å²) in [6.45, 7) is 3.88. The summed E-state index contributed by atoms with van der Waals surface area (Å²) in [7, 11) is -2.68. The van der Waals surface area contributed by atoms with E-state index in [0.717, 1.165) is 16.3 Å². The quantitative estimate of drug-likeness (QED) is 0.315. The molecule has 0 aliphatic heterocycles. The normalized spacial score (nSPS) is 11.9. The standard InChI is InChI=1S/C29H34ClN3O5S/c1-4-19-31-29(35)27(5-2)32(20-22-9-7-6-8-10-22)28(34)21-33(24-13-11-23(30)12-14-24)39(36,37)26-17-15-25(38-3)16-18-26/h6-18,27H,4-5,19-21H2,1-3H3,(H,31,35). The highest BCUT2D eigenvalue weighted by Crippen LogP contribution is 2.27. The first kappa shape index (κ1) is 30.0. The fourth-order valence-corrected chi connectivity index (χ4v) is 5.62. The molecule has 3 aromatic rings. The van der Waals surface area contributed by atoms with E-state index >= 15 is 0 Å². The third kappa shape index (κ3) is 7.74. The third-order valence-corrected chi connectivity index (χ3v) is 8.21. The van der Waals surface area contributed by atoms with Crippen molar-refractivity contribution in [2.45, 2.75) is 44.2 Å². The maximum Gasteiger partial charge on any atom is 0.264 e. The number of nitrogens with zero attached hydrogens (tertiary/aromatic N) is 2. The maximum atomic E-state index is 13.9. The van der Waals surface area contributed by atoms with Crippen molar-refractivity contribution in [3.8, 4) is 5.75 Å². The molecule has 1 N–H and O–H groups in total. The van der Waals surface area contributed by atoms with E-state index in [0.29, 0.717) is 23.7 Å². The lowest BCUT2D eigenvalue weighted by Gasteiger charge is -2.33. The molecule has 0 heterocycles. The van der Waals surface area contributed by atoms with Crippen molar-refractivity contribution in [3.05, 3.63) is 89.4 Å². The summed E-state index contributed by atoms with van der Waals surface area (Å²) in [5.41, 5.74) is 1.09. The highest BCUT2D eigenvalue weighted by atomic mass is 35.5. The molecular formula is C29H34ClN3O5S. The number of sulfonamides is 1. The van der Waals surface area contributed by atoms with Gasteiger partial charge in [0, 0.05) is 18.1 Å². The second-order valence-corrected chi connectivity index (χ2v) is 11.2. The van der Waals surface area contributed by atoms with Crippen molar-refractivity contribution in [2.24, 2.45) is 0 Å². The zero-order valence-corrected chi connectivity index (χ0v) is 23.9. The van der Waals surface area contributed by atoms with Gasteiger partial charge >= 0.3 is 0 Å². The Hall–Kier alpha value is -3.56. The number of ether oxygens (including phenoxy) is 1. The van der Waals surface area contributed by atoms with Crippen LogP contribution >= 0.6 is 11.6 Å². The molecule has 10 heteroatoms. The molecule has 8 nitrogen and oxygen atoms in total. The molecule has 0 aromatic heterocycles. The van der Waals surface area contributed by atoms with Crippen LogP contribution in [0.1, 0.15) is 32.3 Å². The fourth-order valence-electron chi connectivity index (χ4n) is 4.08. The van der Waals surface area contributed by atoms with E-state index in [1.807, 2.05) is 44.2 Å². The zero-order chi connectivity index (χ0) is 28.4. The summed E-state index contributed by atoms with van der Waals surface area (Å²) in [5.74, 6) is -0.287. The molecule has 0 fully saturated rings. The molecule has 0 aliphatic rings. The van der Waals surface area contributed by atoms with Crippen LogP contribution in [-0.2, 0) is 26.2 Å². The maximum absolute atomic E-state index is 13.9. The molecule has 1 unspecified atom stereocenters. The van der Waals surface area contributed by atoms with Gasteiger partial charge in [0.25, 0.3) is 10.0 Å². The molecule has 0 radical (unpaired) electrons. The monoisotopic (exact) mass is 571 g/mol. The molecule has 39 heavy (non-hydrogen) atoms. The van der Waals surface area contributed by atoms with Crippen molar-refractivity contribution < 1.29 is 22.7 Å². The predicted octanol–water partition coefficient (Wildman–Crippen LogP) is 4.88. The topological polar surface area (TPSA) is 96.0 Å². The van der Waals surface area contributed by atoms with Crippen LogP contribution in [0.3, 0.4) is 0 Å². The first-order chi connectivity index (χ1) is 18.7. The van der Waals surface area contributed by atoms with Gasteiger partial charge in [-0.05, 0) is 66.9 Å². The van der Waals surface area contributed by atoms with Gasteiger partial charge in [-0.15, -0.1) is 0 Å². The first-order valence-electron chi connectivity index (χ1n) is 12.7. The van der Waals surface area contributed by atoms with Gasteiger partial charge in [0.05, 0.1) is 17.7 Å². The van der Waals surface area contributed by atoms with E-state index < -0.39 is 28.5 Å². The lowest BCUT2D eigenvalue weighted by molar-refractivity contribution is -0.140. The van der Waals surface area contributed by atoms with Crippen LogP contribution in [0.15, 0.2) is 83.8 Å². The lowest BCUT2D eigenvalue weighted by Crippen LogP contribution is -2.52. The summed E-state index contributed by atoms with van der Waals surface area (Å²) in [5, 5.41) is 3.30. The number of benzene rings is 3. The number of rotatable bonds is 13. The van der Waals surface area contributed by atoms with Crippen molar-refractivity contribution in [1.82, 2.24) is 10.2 Å². The van der Waals surface area contributed by atoms with Gasteiger partial charge in [-0.1, -0.05) is 55.8 Å². The Labute approximate surface area is 235 Å².